The van der Waals surface area contributed by atoms with Crippen LogP contribution in [-0.4, -0.2) is 43.3 Å². The summed E-state index contributed by atoms with van der Waals surface area (Å²) in [7, 11) is 1.67. The van der Waals surface area contributed by atoms with Gasteiger partial charge in [-0.2, -0.15) is 0 Å². The topological polar surface area (TPSA) is 76.1 Å². The van der Waals surface area contributed by atoms with Gasteiger partial charge in [0.1, 0.15) is 5.75 Å². The van der Waals surface area contributed by atoms with E-state index in [0.717, 1.165) is 40.4 Å². The quantitative estimate of drug-likeness (QED) is 0.318. The Balaban J connectivity index is 1.39. The van der Waals surface area contributed by atoms with E-state index >= 15 is 0 Å². The summed E-state index contributed by atoms with van der Waals surface area (Å²) >= 11 is 3.48. The zero-order chi connectivity index (χ0) is 26.1. The van der Waals surface area contributed by atoms with Crippen LogP contribution in [0.15, 0.2) is 69.7 Å². The van der Waals surface area contributed by atoms with Gasteiger partial charge in [-0.05, 0) is 67.2 Å². The maximum atomic E-state index is 13.6. The van der Waals surface area contributed by atoms with E-state index in [1.54, 1.807) is 13.2 Å². The molecule has 0 bridgehead atoms. The van der Waals surface area contributed by atoms with Crippen molar-refractivity contribution in [1.29, 1.82) is 0 Å². The Hall–Kier alpha value is -2.74. The Labute approximate surface area is 226 Å². The van der Waals surface area contributed by atoms with Gasteiger partial charge in [0, 0.05) is 23.1 Å². The highest BCUT2D eigenvalue weighted by Gasteiger charge is 2.57. The van der Waals surface area contributed by atoms with Crippen molar-refractivity contribution in [3.05, 3.63) is 75.3 Å². The molecule has 6 nitrogen and oxygen atoms in total. The Morgan fingerprint density at radius 1 is 1.16 bits per heavy atom. The lowest BCUT2D eigenvalue weighted by molar-refractivity contribution is -0.122. The number of carbonyl (C=O) groups is 2. The number of allylic oxidation sites excluding steroid dienone is 1. The number of ether oxygens (including phenoxy) is 2. The molecule has 2 aromatic carbocycles. The highest BCUT2D eigenvalue weighted by atomic mass is 79.9. The second kappa shape index (κ2) is 10.9. The molecule has 3 aliphatic rings. The number of amides is 2. The zero-order valence-electron chi connectivity index (χ0n) is 21.2. The molecule has 37 heavy (non-hydrogen) atoms. The van der Waals surface area contributed by atoms with Gasteiger partial charge in [0.2, 0.25) is 11.8 Å². The average Bonchev–Trinajstić information content (AvgIpc) is 3.43. The number of hydrogen-bond donors (Lipinski definition) is 1. The SMILES string of the molecule is CC/C(=C\c1cc(Br)ccc1O)CC[C@H]1OC[C@H]2C1=C(COC)C[C@H]1C(=O)N(c3ccccc3)C(=O)[C@H]12. The van der Waals surface area contributed by atoms with E-state index in [2.05, 4.69) is 22.9 Å². The number of halogens is 1. The minimum absolute atomic E-state index is 0.109. The van der Waals surface area contributed by atoms with E-state index in [1.165, 1.54) is 10.5 Å². The molecule has 1 aliphatic carbocycles. The van der Waals surface area contributed by atoms with Crippen LogP contribution in [0, 0.1) is 17.8 Å². The first kappa shape index (κ1) is 25.9. The molecular formula is C30H32BrNO5. The molecule has 1 N–H and O–H groups in total. The number of hydrogen-bond acceptors (Lipinski definition) is 5. The predicted molar refractivity (Wildman–Crippen MR) is 146 cm³/mol. The number of benzene rings is 2. The molecule has 194 valence electrons. The molecular weight excluding hydrogens is 534 g/mol. The number of phenols is 1. The van der Waals surface area contributed by atoms with Gasteiger partial charge >= 0.3 is 0 Å². The van der Waals surface area contributed by atoms with Crippen molar-refractivity contribution in [2.24, 2.45) is 17.8 Å². The van der Waals surface area contributed by atoms with Gasteiger partial charge in [-0.1, -0.05) is 52.7 Å². The number of nitrogens with zero attached hydrogens (tertiary/aromatic N) is 1. The molecule has 0 unspecified atom stereocenters. The molecule has 5 rings (SSSR count). The lowest BCUT2D eigenvalue weighted by Gasteiger charge is -2.31. The Kier molecular flexibility index (Phi) is 7.65. The van der Waals surface area contributed by atoms with Gasteiger partial charge in [0.05, 0.1) is 36.8 Å². The maximum Gasteiger partial charge on any atom is 0.238 e. The fraction of sp³-hybridized carbons (Fsp3) is 0.400. The molecule has 2 fully saturated rings. The van der Waals surface area contributed by atoms with Crippen LogP contribution in [0.5, 0.6) is 5.75 Å². The minimum atomic E-state index is -0.395. The van der Waals surface area contributed by atoms with Crippen molar-refractivity contribution >= 4 is 39.5 Å². The van der Waals surface area contributed by atoms with Crippen LogP contribution in [-0.2, 0) is 19.1 Å². The molecule has 0 aromatic heterocycles. The lowest BCUT2D eigenvalue weighted by atomic mass is 9.69. The van der Waals surface area contributed by atoms with E-state index in [1.807, 2.05) is 48.5 Å². The number of carbonyl (C=O) groups excluding carboxylic acids is 2. The Morgan fingerprint density at radius 2 is 1.95 bits per heavy atom. The van der Waals surface area contributed by atoms with Gasteiger partial charge in [-0.15, -0.1) is 0 Å². The summed E-state index contributed by atoms with van der Waals surface area (Å²) in [5.41, 5.74) is 4.88. The Bertz CT molecular complexity index is 1250. The highest BCUT2D eigenvalue weighted by Crippen LogP contribution is 2.50. The van der Waals surface area contributed by atoms with E-state index in [-0.39, 0.29) is 35.5 Å². The van der Waals surface area contributed by atoms with Crippen LogP contribution in [0.1, 0.15) is 38.2 Å². The normalized spacial score (nSPS) is 25.6. The smallest absolute Gasteiger partial charge is 0.238 e. The molecule has 2 aliphatic heterocycles. The van der Waals surface area contributed by atoms with Gasteiger partial charge in [0.15, 0.2) is 0 Å². The Morgan fingerprint density at radius 3 is 2.68 bits per heavy atom. The second-order valence-electron chi connectivity index (χ2n) is 10.0. The van der Waals surface area contributed by atoms with E-state index < -0.39 is 5.92 Å². The van der Waals surface area contributed by atoms with Crippen molar-refractivity contribution < 1.29 is 24.2 Å². The molecule has 2 heterocycles. The third-order valence-electron chi connectivity index (χ3n) is 7.87. The molecule has 2 amide bonds. The first-order valence-corrected chi connectivity index (χ1v) is 13.6. The van der Waals surface area contributed by atoms with Crippen LogP contribution in [0.4, 0.5) is 5.69 Å². The summed E-state index contributed by atoms with van der Waals surface area (Å²) in [6.07, 6.45) is 4.90. The van der Waals surface area contributed by atoms with Crippen LogP contribution >= 0.6 is 15.9 Å². The summed E-state index contributed by atoms with van der Waals surface area (Å²) in [4.78, 5) is 28.4. The fourth-order valence-electron chi connectivity index (χ4n) is 6.14. The fourth-order valence-corrected chi connectivity index (χ4v) is 6.52. The van der Waals surface area contributed by atoms with Gasteiger partial charge in [0.25, 0.3) is 0 Å². The number of anilines is 1. The van der Waals surface area contributed by atoms with Gasteiger partial charge < -0.3 is 14.6 Å². The highest BCUT2D eigenvalue weighted by molar-refractivity contribution is 9.10. The molecule has 0 spiro atoms. The van der Waals surface area contributed by atoms with Crippen LogP contribution in [0.3, 0.4) is 0 Å². The van der Waals surface area contributed by atoms with E-state index in [4.69, 9.17) is 9.47 Å². The summed E-state index contributed by atoms with van der Waals surface area (Å²) in [5, 5.41) is 10.3. The molecule has 0 radical (unpaired) electrons. The number of fused-ring (bicyclic) bond motifs is 3. The van der Waals surface area contributed by atoms with Crippen molar-refractivity contribution in [1.82, 2.24) is 0 Å². The molecule has 2 aromatic rings. The number of para-hydroxylation sites is 1. The largest absolute Gasteiger partial charge is 0.507 e. The third-order valence-corrected chi connectivity index (χ3v) is 8.37. The van der Waals surface area contributed by atoms with E-state index in [9.17, 15) is 14.7 Å². The molecule has 2 saturated heterocycles. The minimum Gasteiger partial charge on any atom is -0.507 e. The van der Waals surface area contributed by atoms with E-state index in [0.29, 0.717) is 25.3 Å². The number of imide groups is 1. The summed E-state index contributed by atoms with van der Waals surface area (Å²) in [6, 6.07) is 14.6. The zero-order valence-corrected chi connectivity index (χ0v) is 22.7. The van der Waals surface area contributed by atoms with Gasteiger partial charge in [-0.3, -0.25) is 14.5 Å². The average molecular weight is 566 g/mol. The number of rotatable bonds is 8. The summed E-state index contributed by atoms with van der Waals surface area (Å²) in [5.74, 6) is -0.872. The first-order valence-electron chi connectivity index (χ1n) is 12.9. The molecule has 0 saturated carbocycles. The summed E-state index contributed by atoms with van der Waals surface area (Å²) in [6.45, 7) is 2.98. The number of aromatic hydroxyl groups is 1. The maximum absolute atomic E-state index is 13.6. The van der Waals surface area contributed by atoms with Crippen molar-refractivity contribution in [2.45, 2.75) is 38.7 Å². The number of methoxy groups -OCH3 is 1. The second-order valence-corrected chi connectivity index (χ2v) is 10.9. The van der Waals surface area contributed by atoms with Crippen LogP contribution in [0.25, 0.3) is 6.08 Å². The van der Waals surface area contributed by atoms with Crippen molar-refractivity contribution in [2.75, 3.05) is 25.2 Å². The number of phenolic OH excluding ortho intramolecular Hbond substituents is 1. The van der Waals surface area contributed by atoms with Crippen molar-refractivity contribution in [3.63, 3.8) is 0 Å². The summed E-state index contributed by atoms with van der Waals surface area (Å²) < 4.78 is 12.8. The van der Waals surface area contributed by atoms with Crippen molar-refractivity contribution in [3.8, 4) is 5.75 Å². The standard InChI is InChI=1S/C30H32BrNO5/c1-3-18(13-19-14-21(31)10-11-25(19)33)9-12-26-27-20(16-36-2)15-23-28(24(27)17-37-26)30(35)32(29(23)34)22-7-5-4-6-8-22/h4-8,10-11,13-14,23-24,26,28,33H,3,9,12,15-17H2,1-2H3/b18-13+/t23-,24+,26-,28-/m1/s1. The third kappa shape index (κ3) is 4.92. The van der Waals surface area contributed by atoms with Crippen LogP contribution < -0.4 is 4.90 Å². The lowest BCUT2D eigenvalue weighted by Crippen LogP contribution is -2.35. The van der Waals surface area contributed by atoms with Gasteiger partial charge in [-0.25, -0.2) is 0 Å². The molecule has 4 atom stereocenters. The monoisotopic (exact) mass is 565 g/mol. The predicted octanol–water partition coefficient (Wildman–Crippen LogP) is 5.90. The molecule has 7 heteroatoms. The first-order chi connectivity index (χ1) is 17.9. The van der Waals surface area contributed by atoms with Crippen LogP contribution in [0.2, 0.25) is 0 Å².